The Morgan fingerprint density at radius 3 is 2.62 bits per heavy atom. The lowest BCUT2D eigenvalue weighted by molar-refractivity contribution is -0.129. The number of carbonyl (C=O) groups excluding carboxylic acids is 1. The second-order valence-electron chi connectivity index (χ2n) is 9.01. The molecule has 1 aromatic heterocycles. The molecule has 1 aliphatic rings. The first-order valence-electron chi connectivity index (χ1n) is 10.5. The Hall–Kier alpha value is -2.27. The van der Waals surface area contributed by atoms with Crippen LogP contribution in [0.4, 0.5) is 4.39 Å². The molecule has 5 heteroatoms. The van der Waals surface area contributed by atoms with Crippen molar-refractivity contribution in [3.05, 3.63) is 65.7 Å². The molecule has 1 aromatic carbocycles. The van der Waals surface area contributed by atoms with E-state index in [1.165, 1.54) is 25.0 Å². The molecule has 3 rings (SSSR count). The summed E-state index contributed by atoms with van der Waals surface area (Å²) in [6.07, 6.45) is 6.05. The van der Waals surface area contributed by atoms with Crippen LogP contribution in [0, 0.1) is 11.2 Å². The van der Waals surface area contributed by atoms with Gasteiger partial charge >= 0.3 is 0 Å². The number of rotatable bonds is 6. The van der Waals surface area contributed by atoms with E-state index in [0.29, 0.717) is 6.04 Å². The number of likely N-dealkylation sites (tertiary alicyclic amines) is 1. The first kappa shape index (κ1) is 21.4. The average molecular weight is 398 g/mol. The molecule has 2 heterocycles. The molecule has 2 unspecified atom stereocenters. The Kier molecular flexibility index (Phi) is 7.01. The number of piperidine rings is 1. The Morgan fingerprint density at radius 1 is 1.21 bits per heavy atom. The number of amides is 1. The summed E-state index contributed by atoms with van der Waals surface area (Å²) in [5.41, 5.74) is 1.57. The highest BCUT2D eigenvalue weighted by atomic mass is 19.1. The summed E-state index contributed by atoms with van der Waals surface area (Å²) < 4.78 is 13.3. The zero-order valence-corrected chi connectivity index (χ0v) is 17.7. The third-order valence-electron chi connectivity index (χ3n) is 5.59. The molecule has 1 amide bonds. The Bertz CT molecular complexity index is 786. The molecule has 0 aliphatic carbocycles. The molecular formula is C24H32FN3O. The summed E-state index contributed by atoms with van der Waals surface area (Å²) in [4.78, 5) is 19.7. The van der Waals surface area contributed by atoms with E-state index < -0.39 is 5.41 Å². The van der Waals surface area contributed by atoms with Crippen molar-refractivity contribution in [1.82, 2.24) is 15.2 Å². The highest BCUT2D eigenvalue weighted by Gasteiger charge is 2.30. The molecule has 0 spiro atoms. The summed E-state index contributed by atoms with van der Waals surface area (Å²) in [7, 11) is 0. The van der Waals surface area contributed by atoms with Crippen LogP contribution in [0.2, 0.25) is 0 Å². The zero-order valence-electron chi connectivity index (χ0n) is 17.7. The lowest BCUT2D eigenvalue weighted by atomic mass is 9.91. The molecule has 1 N–H and O–H groups in total. The number of nitrogens with one attached hydrogen (secondary N) is 1. The molecule has 4 nitrogen and oxygen atoms in total. The molecular weight excluding hydrogens is 365 g/mol. The Balaban J connectivity index is 1.76. The molecule has 2 aromatic rings. The van der Waals surface area contributed by atoms with Crippen molar-refractivity contribution in [2.75, 3.05) is 6.54 Å². The van der Waals surface area contributed by atoms with Crippen LogP contribution in [0.15, 0.2) is 48.7 Å². The van der Waals surface area contributed by atoms with Gasteiger partial charge in [-0.3, -0.25) is 14.7 Å². The maximum absolute atomic E-state index is 13.3. The van der Waals surface area contributed by atoms with E-state index >= 15 is 0 Å². The highest BCUT2D eigenvalue weighted by molar-refractivity contribution is 5.81. The normalized spacial score (nSPS) is 19.0. The predicted octanol–water partition coefficient (Wildman–Crippen LogP) is 4.87. The summed E-state index contributed by atoms with van der Waals surface area (Å²) in [6.45, 7) is 7.61. The lowest BCUT2D eigenvalue weighted by Gasteiger charge is -2.38. The quantitative estimate of drug-likeness (QED) is 0.756. The second kappa shape index (κ2) is 9.49. The maximum Gasteiger partial charge on any atom is 0.225 e. The van der Waals surface area contributed by atoms with E-state index in [-0.39, 0.29) is 17.8 Å². The summed E-state index contributed by atoms with van der Waals surface area (Å²) in [5, 5.41) is 3.23. The summed E-state index contributed by atoms with van der Waals surface area (Å²) in [6, 6.07) is 12.8. The van der Waals surface area contributed by atoms with Crippen molar-refractivity contribution in [1.29, 1.82) is 0 Å². The number of aromatic nitrogens is 1. The zero-order chi connectivity index (χ0) is 20.9. The third-order valence-corrected chi connectivity index (χ3v) is 5.59. The van der Waals surface area contributed by atoms with Crippen LogP contribution >= 0.6 is 0 Å². The van der Waals surface area contributed by atoms with Crippen LogP contribution < -0.4 is 5.32 Å². The molecule has 29 heavy (non-hydrogen) atoms. The number of benzene rings is 1. The predicted molar refractivity (Wildman–Crippen MR) is 114 cm³/mol. The number of hydrogen-bond acceptors (Lipinski definition) is 3. The fourth-order valence-corrected chi connectivity index (χ4v) is 3.84. The van der Waals surface area contributed by atoms with Crippen LogP contribution in [-0.2, 0) is 11.3 Å². The molecule has 0 bridgehead atoms. The molecule has 2 atom stereocenters. The molecule has 1 aliphatic heterocycles. The second-order valence-corrected chi connectivity index (χ2v) is 9.01. The third kappa shape index (κ3) is 6.10. The molecule has 1 saturated heterocycles. The van der Waals surface area contributed by atoms with Crippen molar-refractivity contribution in [3.63, 3.8) is 0 Å². The van der Waals surface area contributed by atoms with E-state index in [4.69, 9.17) is 0 Å². The van der Waals surface area contributed by atoms with E-state index in [2.05, 4.69) is 15.2 Å². The number of nitrogens with zero attached hydrogens (tertiary/aromatic N) is 2. The van der Waals surface area contributed by atoms with Gasteiger partial charge in [-0.15, -0.1) is 0 Å². The van der Waals surface area contributed by atoms with Gasteiger partial charge in [0.2, 0.25) is 5.91 Å². The van der Waals surface area contributed by atoms with Crippen LogP contribution in [0.1, 0.15) is 63.8 Å². The molecule has 0 saturated carbocycles. The summed E-state index contributed by atoms with van der Waals surface area (Å²) in [5.74, 6) is -0.168. The van der Waals surface area contributed by atoms with Crippen LogP contribution in [0.5, 0.6) is 0 Å². The van der Waals surface area contributed by atoms with Crippen LogP contribution in [-0.4, -0.2) is 28.4 Å². The van der Waals surface area contributed by atoms with Gasteiger partial charge < -0.3 is 5.32 Å². The van der Waals surface area contributed by atoms with Gasteiger partial charge in [-0.1, -0.05) is 45.4 Å². The lowest BCUT2D eigenvalue weighted by Crippen LogP contribution is -2.44. The van der Waals surface area contributed by atoms with Gasteiger partial charge in [0.1, 0.15) is 5.82 Å². The van der Waals surface area contributed by atoms with Crippen molar-refractivity contribution in [2.45, 2.75) is 65.1 Å². The summed E-state index contributed by atoms with van der Waals surface area (Å²) >= 11 is 0. The minimum absolute atomic E-state index is 0.0362. The fraction of sp³-hybridized carbons (Fsp3) is 0.500. The largest absolute Gasteiger partial charge is 0.347 e. The van der Waals surface area contributed by atoms with Gasteiger partial charge in [-0.05, 0) is 55.6 Å². The highest BCUT2D eigenvalue weighted by Crippen LogP contribution is 2.28. The number of pyridine rings is 1. The first-order chi connectivity index (χ1) is 13.8. The van der Waals surface area contributed by atoms with E-state index in [1.807, 2.05) is 51.1 Å². The van der Waals surface area contributed by atoms with E-state index in [0.717, 1.165) is 37.2 Å². The van der Waals surface area contributed by atoms with Crippen molar-refractivity contribution in [2.24, 2.45) is 5.41 Å². The minimum atomic E-state index is -0.451. The topological polar surface area (TPSA) is 45.2 Å². The number of carbonyl (C=O) groups is 1. The fourth-order valence-electron chi connectivity index (χ4n) is 3.84. The van der Waals surface area contributed by atoms with E-state index in [9.17, 15) is 9.18 Å². The molecule has 0 radical (unpaired) electrons. The van der Waals surface area contributed by atoms with Gasteiger partial charge in [-0.2, -0.15) is 0 Å². The van der Waals surface area contributed by atoms with Gasteiger partial charge in [-0.25, -0.2) is 4.39 Å². The maximum atomic E-state index is 13.3. The number of halogens is 1. The standard InChI is InChI=1S/C24H32FN3O/c1-24(2,3)23(29)27-22(21-9-4-6-14-26-21)16-20-8-5-7-15-28(20)17-18-10-12-19(25)13-11-18/h4,6,9-14,20,22H,5,7-8,15-17H2,1-3H3,(H,27,29). The average Bonchev–Trinajstić information content (AvgIpc) is 2.70. The smallest absolute Gasteiger partial charge is 0.225 e. The molecule has 156 valence electrons. The van der Waals surface area contributed by atoms with Crippen molar-refractivity contribution in [3.8, 4) is 0 Å². The van der Waals surface area contributed by atoms with Gasteiger partial charge in [0.25, 0.3) is 0 Å². The van der Waals surface area contributed by atoms with E-state index in [1.54, 1.807) is 6.20 Å². The van der Waals surface area contributed by atoms with Crippen molar-refractivity contribution < 1.29 is 9.18 Å². The van der Waals surface area contributed by atoms with Gasteiger partial charge in [0, 0.05) is 24.2 Å². The first-order valence-corrected chi connectivity index (χ1v) is 10.5. The Labute approximate surface area is 173 Å². The minimum Gasteiger partial charge on any atom is -0.347 e. The monoisotopic (exact) mass is 397 g/mol. The molecule has 1 fully saturated rings. The SMILES string of the molecule is CC(C)(C)C(=O)NC(CC1CCCCN1Cc1ccc(F)cc1)c1ccccn1. The van der Waals surface area contributed by atoms with Crippen LogP contribution in [0.3, 0.4) is 0 Å². The number of hydrogen-bond donors (Lipinski definition) is 1. The Morgan fingerprint density at radius 2 is 1.97 bits per heavy atom. The van der Waals surface area contributed by atoms with Crippen LogP contribution in [0.25, 0.3) is 0 Å². The van der Waals surface area contributed by atoms with Crippen molar-refractivity contribution >= 4 is 5.91 Å². The van der Waals surface area contributed by atoms with Gasteiger partial charge in [0.05, 0.1) is 11.7 Å². The van der Waals surface area contributed by atoms with Gasteiger partial charge in [0.15, 0.2) is 0 Å².